The molecule has 0 bridgehead atoms. The number of hydrogen-bond donors (Lipinski definition) is 0. The van der Waals surface area contributed by atoms with Gasteiger partial charge in [-0.25, -0.2) is 0 Å². The minimum absolute atomic E-state index is 0.0236. The lowest BCUT2D eigenvalue weighted by Gasteiger charge is -2.32. The van der Waals surface area contributed by atoms with Gasteiger partial charge in [-0.1, -0.05) is 185 Å². The van der Waals surface area contributed by atoms with Crippen LogP contribution in [-0.4, -0.2) is 4.57 Å². The number of benzene rings is 5. The van der Waals surface area contributed by atoms with Crippen molar-refractivity contribution in [2.45, 2.75) is 88.9 Å². The van der Waals surface area contributed by atoms with Crippen LogP contribution in [0.5, 0.6) is 0 Å². The summed E-state index contributed by atoms with van der Waals surface area (Å²) < 4.78 is 2.60. The van der Waals surface area contributed by atoms with Crippen molar-refractivity contribution >= 4 is 45.2 Å². The van der Waals surface area contributed by atoms with Crippen molar-refractivity contribution in [3.8, 4) is 5.69 Å². The molecule has 13 rings (SSSR count). The summed E-state index contributed by atoms with van der Waals surface area (Å²) in [5, 5.41) is 1.37. The maximum Gasteiger partial charge on any atom is 0.0537 e. The van der Waals surface area contributed by atoms with Crippen molar-refractivity contribution < 1.29 is 0 Å². The lowest BCUT2D eigenvalue weighted by atomic mass is 9.75. The van der Waals surface area contributed by atoms with Gasteiger partial charge in [-0.15, -0.1) is 0 Å². The van der Waals surface area contributed by atoms with Crippen LogP contribution in [0, 0.1) is 11.8 Å². The molecule has 0 aliphatic heterocycles. The molecule has 0 N–H and O–H groups in total. The molecule has 4 atom stereocenters. The van der Waals surface area contributed by atoms with E-state index in [0.717, 1.165) is 38.5 Å². The number of anilines is 3. The number of fused-ring (bicyclic) bond motifs is 8. The predicted octanol–water partition coefficient (Wildman–Crippen LogP) is 17.2. The second kappa shape index (κ2) is 15.8. The highest BCUT2D eigenvalue weighted by Gasteiger charge is 2.43. The van der Waals surface area contributed by atoms with Crippen molar-refractivity contribution in [1.29, 1.82) is 0 Å². The Kier molecular flexibility index (Phi) is 9.62. The molecular formula is C66H60N2. The highest BCUT2D eigenvalue weighted by atomic mass is 15.1. The summed E-state index contributed by atoms with van der Waals surface area (Å²) in [7, 11) is 0. The Morgan fingerprint density at radius 3 is 2.34 bits per heavy atom. The average molecular weight is 881 g/mol. The zero-order valence-corrected chi connectivity index (χ0v) is 39.9. The minimum Gasteiger partial charge on any atom is -0.310 e. The highest BCUT2D eigenvalue weighted by molar-refractivity contribution is 5.94. The fraction of sp³-hybridized carbons (Fsp3) is 0.242. The molecule has 0 spiro atoms. The first kappa shape index (κ1) is 41.3. The van der Waals surface area contributed by atoms with Crippen LogP contribution in [0.2, 0.25) is 0 Å². The van der Waals surface area contributed by atoms with Gasteiger partial charge >= 0.3 is 0 Å². The van der Waals surface area contributed by atoms with Crippen LogP contribution in [0.1, 0.15) is 116 Å². The number of allylic oxidation sites excluding steroid dienone is 17. The molecular weight excluding hydrogens is 821 g/mol. The van der Waals surface area contributed by atoms with Crippen LogP contribution < -0.4 is 4.90 Å². The third-order valence-corrected chi connectivity index (χ3v) is 17.1. The van der Waals surface area contributed by atoms with E-state index in [-0.39, 0.29) is 16.7 Å². The first-order valence-electron chi connectivity index (χ1n) is 25.3. The van der Waals surface area contributed by atoms with Gasteiger partial charge in [0.15, 0.2) is 0 Å². The van der Waals surface area contributed by atoms with Crippen LogP contribution in [0.3, 0.4) is 0 Å². The summed E-state index contributed by atoms with van der Waals surface area (Å²) in [4.78, 5) is 2.55. The highest BCUT2D eigenvalue weighted by Crippen LogP contribution is 2.56. The van der Waals surface area contributed by atoms with E-state index in [2.05, 4.69) is 231 Å². The van der Waals surface area contributed by atoms with Crippen LogP contribution in [0.4, 0.5) is 17.1 Å². The summed E-state index contributed by atoms with van der Waals surface area (Å²) in [5.41, 5.74) is 23.6. The van der Waals surface area contributed by atoms with Gasteiger partial charge in [0, 0.05) is 51.3 Å². The number of para-hydroxylation sites is 2. The second-order valence-electron chi connectivity index (χ2n) is 21.4. The fourth-order valence-corrected chi connectivity index (χ4v) is 13.6. The number of rotatable bonds is 7. The Balaban J connectivity index is 0.857. The SMILES string of the molecule is CC1(C)C2=C(C=CCC2)c2cccc(-n3c4c(c5ccccc53)C[C@H](C3=CC=CC(c5ccccc5N(c5ccc(C6C=CC=CC6)cc5)c5ccc6c(c5)C5=CC=CCC5C6(C)C)C3)C=C4)c21. The Morgan fingerprint density at radius 1 is 0.632 bits per heavy atom. The molecule has 0 amide bonds. The van der Waals surface area contributed by atoms with E-state index in [1.807, 2.05) is 0 Å². The molecule has 2 nitrogen and oxygen atoms in total. The Morgan fingerprint density at radius 2 is 1.46 bits per heavy atom. The van der Waals surface area contributed by atoms with E-state index in [0.29, 0.717) is 17.8 Å². The number of aromatic nitrogens is 1. The van der Waals surface area contributed by atoms with Gasteiger partial charge in [0.25, 0.3) is 0 Å². The summed E-state index contributed by atoms with van der Waals surface area (Å²) in [6, 6.07) is 42.1. The van der Waals surface area contributed by atoms with Crippen molar-refractivity contribution in [1.82, 2.24) is 4.57 Å². The largest absolute Gasteiger partial charge is 0.310 e. The zero-order chi connectivity index (χ0) is 45.7. The summed E-state index contributed by atoms with van der Waals surface area (Å²) >= 11 is 0. The van der Waals surface area contributed by atoms with Crippen LogP contribution in [0.15, 0.2) is 199 Å². The van der Waals surface area contributed by atoms with Crippen molar-refractivity contribution in [2.24, 2.45) is 11.8 Å². The normalized spacial score (nSPS) is 23.2. The van der Waals surface area contributed by atoms with Crippen molar-refractivity contribution in [3.05, 3.63) is 244 Å². The quantitative estimate of drug-likeness (QED) is 0.155. The topological polar surface area (TPSA) is 8.17 Å². The van der Waals surface area contributed by atoms with Gasteiger partial charge < -0.3 is 9.47 Å². The average Bonchev–Trinajstić information content (AvgIpc) is 3.93. The smallest absolute Gasteiger partial charge is 0.0537 e. The number of hydrogen-bond acceptors (Lipinski definition) is 1. The van der Waals surface area contributed by atoms with E-state index in [9.17, 15) is 0 Å². The van der Waals surface area contributed by atoms with Gasteiger partial charge in [-0.3, -0.25) is 0 Å². The van der Waals surface area contributed by atoms with E-state index in [4.69, 9.17) is 0 Å². The van der Waals surface area contributed by atoms with Crippen molar-refractivity contribution in [2.75, 3.05) is 4.90 Å². The summed E-state index contributed by atoms with van der Waals surface area (Å²) in [6.07, 6.45) is 39.3. The van der Waals surface area contributed by atoms with Gasteiger partial charge in [0.1, 0.15) is 0 Å². The van der Waals surface area contributed by atoms with E-state index >= 15 is 0 Å². The molecule has 3 unspecified atom stereocenters. The van der Waals surface area contributed by atoms with Gasteiger partial charge in [0.2, 0.25) is 0 Å². The molecule has 7 aliphatic carbocycles. The summed E-state index contributed by atoms with van der Waals surface area (Å²) in [6.45, 7) is 9.78. The standard InChI is InChI=1S/C66H60N2/c1-65(2)57-27-12-9-24-52(57)55-42-49(37-38-59(55)65)67(48-35-32-44(33-36-48)43-18-6-5-7-19-43)60-29-14-10-22-50(60)47-21-16-20-45(40-47)46-34-39-62-56(41-46)53-25-11-15-30-61(53)68(62)63-31-17-26-54-51-23-8-13-28-58(51)66(3,4)64(54)63/h5-12,14-18,20-26,29-39,42-43,46-47,57H,13,19,27-28,40-41H2,1-4H3/t43?,46-,47?,57?/m1/s1. The third kappa shape index (κ3) is 6.36. The third-order valence-electron chi connectivity index (χ3n) is 17.1. The summed E-state index contributed by atoms with van der Waals surface area (Å²) in [5.74, 6) is 1.46. The van der Waals surface area contributed by atoms with Gasteiger partial charge in [0.05, 0.1) is 11.2 Å². The molecule has 334 valence electrons. The first-order chi connectivity index (χ1) is 33.3. The molecule has 68 heavy (non-hydrogen) atoms. The van der Waals surface area contributed by atoms with Crippen LogP contribution >= 0.6 is 0 Å². The first-order valence-corrected chi connectivity index (χ1v) is 25.3. The van der Waals surface area contributed by atoms with E-state index in [1.165, 1.54) is 95.0 Å². The molecule has 0 saturated heterocycles. The Hall–Kier alpha value is -6.90. The maximum atomic E-state index is 2.60. The molecule has 7 aliphatic rings. The molecule has 5 aromatic carbocycles. The number of nitrogens with zero attached hydrogens (tertiary/aromatic N) is 2. The molecule has 2 heteroatoms. The fourth-order valence-electron chi connectivity index (χ4n) is 13.6. The lowest BCUT2D eigenvalue weighted by Crippen LogP contribution is -2.23. The van der Waals surface area contributed by atoms with Gasteiger partial charge in [-0.2, -0.15) is 0 Å². The molecule has 6 aromatic rings. The molecule has 0 radical (unpaired) electrons. The lowest BCUT2D eigenvalue weighted by molar-refractivity contribution is 0.414. The maximum absolute atomic E-state index is 2.60. The van der Waals surface area contributed by atoms with Crippen LogP contribution in [0.25, 0.3) is 33.8 Å². The van der Waals surface area contributed by atoms with Crippen LogP contribution in [-0.2, 0) is 17.3 Å². The molecule has 0 fully saturated rings. The monoisotopic (exact) mass is 880 g/mol. The Labute approximate surface area is 403 Å². The minimum atomic E-state index is -0.0236. The predicted molar refractivity (Wildman–Crippen MR) is 287 cm³/mol. The molecule has 1 aromatic heterocycles. The molecule has 1 heterocycles. The van der Waals surface area contributed by atoms with E-state index < -0.39 is 0 Å². The van der Waals surface area contributed by atoms with Crippen molar-refractivity contribution in [3.63, 3.8) is 0 Å². The van der Waals surface area contributed by atoms with Gasteiger partial charge in [-0.05, 0) is 148 Å². The Bertz CT molecular complexity index is 3360. The van der Waals surface area contributed by atoms with E-state index in [1.54, 1.807) is 5.57 Å². The molecule has 0 saturated carbocycles. The second-order valence-corrected chi connectivity index (χ2v) is 21.4. The zero-order valence-electron chi connectivity index (χ0n) is 39.9.